The third kappa shape index (κ3) is 2.79. The molecule has 0 saturated heterocycles. The van der Waals surface area contributed by atoms with Gasteiger partial charge in [-0.1, -0.05) is 16.7 Å². The van der Waals surface area contributed by atoms with Gasteiger partial charge in [0.05, 0.1) is 5.56 Å². The number of halogens is 2. The first-order chi connectivity index (χ1) is 9.13. The second-order valence-corrected chi connectivity index (χ2v) is 5.59. The summed E-state index contributed by atoms with van der Waals surface area (Å²) in [5.41, 5.74) is 0.415. The van der Waals surface area contributed by atoms with Crippen LogP contribution in [-0.2, 0) is 0 Å². The molecule has 5 nitrogen and oxygen atoms in total. The summed E-state index contributed by atoms with van der Waals surface area (Å²) in [5.74, 6) is 0.594. The Morgan fingerprint density at radius 1 is 1.42 bits per heavy atom. The number of rotatable bonds is 3. The first-order valence-corrected chi connectivity index (χ1v) is 6.90. The van der Waals surface area contributed by atoms with E-state index in [1.165, 1.54) is 0 Å². The highest BCUT2D eigenvalue weighted by Crippen LogP contribution is 2.39. The van der Waals surface area contributed by atoms with Crippen molar-refractivity contribution in [2.45, 2.75) is 18.8 Å². The minimum atomic E-state index is -0.347. The van der Waals surface area contributed by atoms with E-state index in [9.17, 15) is 4.79 Å². The summed E-state index contributed by atoms with van der Waals surface area (Å²) in [6.45, 7) is 0. The van der Waals surface area contributed by atoms with Gasteiger partial charge in [0.2, 0.25) is 5.89 Å². The van der Waals surface area contributed by atoms with Gasteiger partial charge in [-0.3, -0.25) is 10.1 Å². The Morgan fingerprint density at radius 2 is 2.21 bits per heavy atom. The zero-order valence-electron chi connectivity index (χ0n) is 9.69. The highest BCUT2D eigenvalue weighted by Gasteiger charge is 2.29. The molecule has 98 valence electrons. The van der Waals surface area contributed by atoms with E-state index in [4.69, 9.17) is 16.0 Å². The SMILES string of the molecule is O=C(Nc1nnc(C2CC2)o1)c1cc(Cl)ccc1Br. The van der Waals surface area contributed by atoms with Crippen LogP contribution in [-0.4, -0.2) is 16.1 Å². The molecule has 0 aliphatic heterocycles. The molecule has 1 aromatic carbocycles. The number of carbonyl (C=O) groups excluding carboxylic acids is 1. The van der Waals surface area contributed by atoms with Gasteiger partial charge < -0.3 is 4.42 Å². The van der Waals surface area contributed by atoms with Crippen molar-refractivity contribution in [3.05, 3.63) is 39.1 Å². The second-order valence-electron chi connectivity index (χ2n) is 4.30. The molecule has 1 aliphatic rings. The third-order valence-corrected chi connectivity index (χ3v) is 3.69. The second kappa shape index (κ2) is 4.94. The van der Waals surface area contributed by atoms with Gasteiger partial charge >= 0.3 is 6.01 Å². The van der Waals surface area contributed by atoms with Crippen LogP contribution < -0.4 is 5.32 Å². The largest absolute Gasteiger partial charge is 0.408 e. The molecule has 0 unspecified atom stereocenters. The average Bonchev–Trinajstić information content (AvgIpc) is 3.13. The molecule has 0 atom stereocenters. The molecule has 1 N–H and O–H groups in total. The van der Waals surface area contributed by atoms with Gasteiger partial charge in [-0.2, -0.15) is 0 Å². The van der Waals surface area contributed by atoms with Crippen LogP contribution in [0.2, 0.25) is 5.02 Å². The third-order valence-electron chi connectivity index (χ3n) is 2.76. The van der Waals surface area contributed by atoms with Crippen molar-refractivity contribution in [3.63, 3.8) is 0 Å². The number of hydrogen-bond donors (Lipinski definition) is 1. The monoisotopic (exact) mass is 341 g/mol. The highest BCUT2D eigenvalue weighted by atomic mass is 79.9. The molecule has 3 rings (SSSR count). The normalized spacial score (nSPS) is 14.4. The molecule has 1 heterocycles. The number of anilines is 1. The summed E-state index contributed by atoms with van der Waals surface area (Å²) in [6, 6.07) is 5.08. The van der Waals surface area contributed by atoms with Gasteiger partial charge in [-0.15, -0.1) is 5.10 Å². The topological polar surface area (TPSA) is 68.0 Å². The molecule has 2 aromatic rings. The molecule has 19 heavy (non-hydrogen) atoms. The molecule has 1 aromatic heterocycles. The smallest absolute Gasteiger partial charge is 0.322 e. The summed E-state index contributed by atoms with van der Waals surface area (Å²) in [4.78, 5) is 12.1. The van der Waals surface area contributed by atoms with Gasteiger partial charge in [0.1, 0.15) is 0 Å². The van der Waals surface area contributed by atoms with Crippen LogP contribution >= 0.6 is 27.5 Å². The molecule has 0 bridgehead atoms. The van der Waals surface area contributed by atoms with Crippen molar-refractivity contribution in [3.8, 4) is 0 Å². The summed E-state index contributed by atoms with van der Waals surface area (Å²) in [5, 5.41) is 10.7. The van der Waals surface area contributed by atoms with Gasteiger partial charge in [0, 0.05) is 15.4 Å². The fourth-order valence-corrected chi connectivity index (χ4v) is 2.22. The first-order valence-electron chi connectivity index (χ1n) is 5.73. The van der Waals surface area contributed by atoms with Crippen molar-refractivity contribution in [1.29, 1.82) is 0 Å². The van der Waals surface area contributed by atoms with Crippen LogP contribution in [0.5, 0.6) is 0 Å². The maximum atomic E-state index is 12.1. The molecule has 7 heteroatoms. The molecule has 1 amide bonds. The van der Waals surface area contributed by atoms with Crippen LogP contribution in [0.3, 0.4) is 0 Å². The lowest BCUT2D eigenvalue weighted by atomic mass is 10.2. The van der Waals surface area contributed by atoms with E-state index < -0.39 is 0 Å². The van der Waals surface area contributed by atoms with Crippen LogP contribution in [0.25, 0.3) is 0 Å². The van der Waals surface area contributed by atoms with Crippen molar-refractivity contribution in [1.82, 2.24) is 10.2 Å². The van der Waals surface area contributed by atoms with Gasteiger partial charge in [0.25, 0.3) is 5.91 Å². The Morgan fingerprint density at radius 3 is 2.95 bits per heavy atom. The quantitative estimate of drug-likeness (QED) is 0.925. The number of hydrogen-bond acceptors (Lipinski definition) is 4. The predicted molar refractivity (Wildman–Crippen MR) is 73.4 cm³/mol. The molecule has 1 saturated carbocycles. The Kier molecular flexibility index (Phi) is 3.28. The number of amides is 1. The van der Waals surface area contributed by atoms with Crippen molar-refractivity contribution >= 4 is 39.5 Å². The summed E-state index contributed by atoms with van der Waals surface area (Å²) in [7, 11) is 0. The Hall–Kier alpha value is -1.40. The van der Waals surface area contributed by atoms with E-state index >= 15 is 0 Å². The number of benzene rings is 1. The van der Waals surface area contributed by atoms with E-state index in [2.05, 4.69) is 31.4 Å². The van der Waals surface area contributed by atoms with E-state index in [1.807, 2.05) is 0 Å². The first kappa shape index (κ1) is 12.6. The molecule has 1 aliphatic carbocycles. The van der Waals surface area contributed by atoms with Crippen molar-refractivity contribution in [2.24, 2.45) is 0 Å². The molecular weight excluding hydrogens is 334 g/mol. The van der Waals surface area contributed by atoms with Gasteiger partial charge in [-0.25, -0.2) is 0 Å². The van der Waals surface area contributed by atoms with E-state index in [0.717, 1.165) is 12.8 Å². The van der Waals surface area contributed by atoms with Crippen LogP contribution in [0.1, 0.15) is 35.0 Å². The van der Waals surface area contributed by atoms with Gasteiger partial charge in [-0.05, 0) is 47.0 Å². The molecule has 0 radical (unpaired) electrons. The minimum Gasteiger partial charge on any atom is -0.408 e. The lowest BCUT2D eigenvalue weighted by Crippen LogP contribution is -2.12. The Balaban J connectivity index is 1.77. The fraction of sp³-hybridized carbons (Fsp3) is 0.250. The highest BCUT2D eigenvalue weighted by molar-refractivity contribution is 9.10. The average molecular weight is 343 g/mol. The number of nitrogens with zero attached hydrogens (tertiary/aromatic N) is 2. The number of nitrogens with one attached hydrogen (secondary N) is 1. The van der Waals surface area contributed by atoms with E-state index in [0.29, 0.717) is 26.9 Å². The Labute approximate surface area is 122 Å². The van der Waals surface area contributed by atoms with Crippen LogP contribution in [0.15, 0.2) is 27.1 Å². The van der Waals surface area contributed by atoms with Crippen LogP contribution in [0.4, 0.5) is 6.01 Å². The van der Waals surface area contributed by atoms with Crippen molar-refractivity contribution in [2.75, 3.05) is 5.32 Å². The fourth-order valence-electron chi connectivity index (χ4n) is 1.62. The van der Waals surface area contributed by atoms with E-state index in [1.54, 1.807) is 18.2 Å². The number of aromatic nitrogens is 2. The minimum absolute atomic E-state index is 0.110. The lowest BCUT2D eigenvalue weighted by Gasteiger charge is -2.03. The maximum Gasteiger partial charge on any atom is 0.322 e. The molecule has 0 spiro atoms. The maximum absolute atomic E-state index is 12.1. The van der Waals surface area contributed by atoms with Crippen LogP contribution in [0, 0.1) is 0 Å². The van der Waals surface area contributed by atoms with Crippen molar-refractivity contribution < 1.29 is 9.21 Å². The number of carbonyl (C=O) groups is 1. The summed E-state index contributed by atoms with van der Waals surface area (Å²) < 4.78 is 6.02. The van der Waals surface area contributed by atoms with E-state index in [-0.39, 0.29) is 11.9 Å². The summed E-state index contributed by atoms with van der Waals surface area (Å²) in [6.07, 6.45) is 2.13. The lowest BCUT2D eigenvalue weighted by molar-refractivity contribution is 0.102. The molecular formula is C12H9BrClN3O2. The predicted octanol–water partition coefficient (Wildman–Crippen LogP) is 3.62. The Bertz CT molecular complexity index is 640. The summed E-state index contributed by atoms with van der Waals surface area (Å²) >= 11 is 9.16. The van der Waals surface area contributed by atoms with Gasteiger partial charge in [0.15, 0.2) is 0 Å². The zero-order valence-corrected chi connectivity index (χ0v) is 12.0. The standard InChI is InChI=1S/C12H9BrClN3O2/c13-9-4-3-7(14)5-8(9)10(18)15-12-17-16-11(19-12)6-1-2-6/h3-6H,1-2H2,(H,15,17,18). The zero-order chi connectivity index (χ0) is 13.4. The molecule has 1 fully saturated rings.